The summed E-state index contributed by atoms with van der Waals surface area (Å²) in [5, 5.41) is 0.325. The van der Waals surface area contributed by atoms with Crippen molar-refractivity contribution in [3.05, 3.63) is 66.4 Å². The van der Waals surface area contributed by atoms with Crippen LogP contribution in [0.25, 0.3) is 0 Å². The lowest BCUT2D eigenvalue weighted by Gasteiger charge is -2.06. The number of carbonyl (C=O) groups excluding carboxylic acids is 1. The Morgan fingerprint density at radius 1 is 1.26 bits per heavy atom. The van der Waals surface area contributed by atoms with Crippen LogP contribution in [0.4, 0.5) is 4.39 Å². The molecule has 0 radical (unpaired) electrons. The number of carbonyl (C=O) groups is 1. The fourth-order valence-corrected chi connectivity index (χ4v) is 2.80. The van der Waals surface area contributed by atoms with E-state index in [-0.39, 0.29) is 12.2 Å². The van der Waals surface area contributed by atoms with Gasteiger partial charge in [0, 0.05) is 25.0 Å². The lowest BCUT2D eigenvalue weighted by atomic mass is 10.0. The minimum Gasteiger partial charge on any atom is -0.294 e. The van der Waals surface area contributed by atoms with Gasteiger partial charge >= 0.3 is 0 Å². The van der Waals surface area contributed by atoms with Crippen LogP contribution in [0, 0.1) is 9.39 Å². The number of rotatable bonds is 3. The lowest BCUT2D eigenvalue weighted by molar-refractivity contribution is 0.0991. The third-order valence-electron chi connectivity index (χ3n) is 2.59. The molecule has 0 N–H and O–H groups in total. The van der Waals surface area contributed by atoms with Crippen LogP contribution in [0.3, 0.4) is 0 Å². The predicted octanol–water partition coefficient (Wildman–Crippen LogP) is 5.27. The molecule has 0 saturated carbocycles. The first-order valence-corrected chi connectivity index (χ1v) is 7.64. The molecule has 5 heteroatoms. The number of ketones is 1. The van der Waals surface area contributed by atoms with Crippen molar-refractivity contribution < 1.29 is 9.18 Å². The summed E-state index contributed by atoms with van der Waals surface area (Å²) in [6.07, 6.45) is 0.0233. The lowest BCUT2D eigenvalue weighted by Crippen LogP contribution is -2.07. The summed E-state index contributed by atoms with van der Waals surface area (Å²) >= 11 is 11.1. The van der Waals surface area contributed by atoms with Crippen molar-refractivity contribution in [3.63, 3.8) is 0 Å². The SMILES string of the molecule is O=C(Cc1ccc(Cl)cc1F)c1cc(Br)ccc1I. The van der Waals surface area contributed by atoms with Crippen molar-refractivity contribution in [2.75, 3.05) is 0 Å². The smallest absolute Gasteiger partial charge is 0.168 e. The van der Waals surface area contributed by atoms with E-state index in [2.05, 4.69) is 38.5 Å². The zero-order valence-electron chi connectivity index (χ0n) is 9.59. The molecule has 98 valence electrons. The first kappa shape index (κ1) is 14.9. The summed E-state index contributed by atoms with van der Waals surface area (Å²) in [5.74, 6) is -0.572. The van der Waals surface area contributed by atoms with Crippen LogP contribution < -0.4 is 0 Å². The quantitative estimate of drug-likeness (QED) is 0.457. The van der Waals surface area contributed by atoms with Gasteiger partial charge in [-0.25, -0.2) is 4.39 Å². The Labute approximate surface area is 137 Å². The summed E-state index contributed by atoms with van der Waals surface area (Å²) < 4.78 is 15.3. The van der Waals surface area contributed by atoms with E-state index in [1.165, 1.54) is 6.07 Å². The van der Waals surface area contributed by atoms with Crippen molar-refractivity contribution in [2.24, 2.45) is 0 Å². The van der Waals surface area contributed by atoms with E-state index in [0.717, 1.165) is 8.04 Å². The van der Waals surface area contributed by atoms with E-state index in [4.69, 9.17) is 11.6 Å². The highest BCUT2D eigenvalue weighted by molar-refractivity contribution is 14.1. The molecule has 0 amide bonds. The van der Waals surface area contributed by atoms with Gasteiger partial charge in [-0.3, -0.25) is 4.79 Å². The van der Waals surface area contributed by atoms with Gasteiger partial charge in [0.2, 0.25) is 0 Å². The fourth-order valence-electron chi connectivity index (χ4n) is 1.64. The van der Waals surface area contributed by atoms with Crippen LogP contribution in [-0.2, 0) is 6.42 Å². The normalized spacial score (nSPS) is 10.5. The predicted molar refractivity (Wildman–Crippen MR) is 86.3 cm³/mol. The molecule has 0 fully saturated rings. The third-order valence-corrected chi connectivity index (χ3v) is 4.26. The van der Waals surface area contributed by atoms with Crippen LogP contribution in [0.15, 0.2) is 40.9 Å². The van der Waals surface area contributed by atoms with Crippen molar-refractivity contribution in [2.45, 2.75) is 6.42 Å². The Morgan fingerprint density at radius 2 is 2.00 bits per heavy atom. The first-order chi connectivity index (χ1) is 8.97. The second-order valence-corrected chi connectivity index (χ2v) is 6.47. The minimum absolute atomic E-state index is 0.0233. The van der Waals surface area contributed by atoms with Crippen molar-refractivity contribution >= 4 is 55.9 Å². The van der Waals surface area contributed by atoms with Crippen LogP contribution >= 0.6 is 50.1 Å². The number of halogens is 4. The maximum absolute atomic E-state index is 13.7. The zero-order valence-corrected chi connectivity index (χ0v) is 14.1. The molecule has 0 aliphatic rings. The van der Waals surface area contributed by atoms with Crippen LogP contribution in [0.5, 0.6) is 0 Å². The molecule has 0 spiro atoms. The Hall–Kier alpha value is -0.460. The van der Waals surface area contributed by atoms with Gasteiger partial charge < -0.3 is 0 Å². The van der Waals surface area contributed by atoms with E-state index >= 15 is 0 Å². The largest absolute Gasteiger partial charge is 0.294 e. The molecule has 0 aliphatic heterocycles. The summed E-state index contributed by atoms with van der Waals surface area (Å²) in [4.78, 5) is 12.2. The maximum atomic E-state index is 13.7. The van der Waals surface area contributed by atoms with Crippen molar-refractivity contribution in [1.29, 1.82) is 0 Å². The molecule has 0 saturated heterocycles. The highest BCUT2D eigenvalue weighted by atomic mass is 127. The molecule has 19 heavy (non-hydrogen) atoms. The minimum atomic E-state index is -0.453. The molecule has 2 aromatic rings. The Kier molecular flexibility index (Phi) is 4.97. The van der Waals surface area contributed by atoms with Gasteiger partial charge in [-0.2, -0.15) is 0 Å². The van der Waals surface area contributed by atoms with E-state index in [9.17, 15) is 9.18 Å². The van der Waals surface area contributed by atoms with E-state index in [0.29, 0.717) is 16.1 Å². The second kappa shape index (κ2) is 6.33. The maximum Gasteiger partial charge on any atom is 0.168 e. The summed E-state index contributed by atoms with van der Waals surface area (Å²) in [6, 6.07) is 9.80. The summed E-state index contributed by atoms with van der Waals surface area (Å²) in [6.45, 7) is 0. The van der Waals surface area contributed by atoms with Gasteiger partial charge in [-0.05, 0) is 58.5 Å². The highest BCUT2D eigenvalue weighted by Crippen LogP contribution is 2.21. The average Bonchev–Trinajstić information content (AvgIpc) is 2.35. The van der Waals surface area contributed by atoms with Crippen molar-refractivity contribution in [1.82, 2.24) is 0 Å². The van der Waals surface area contributed by atoms with Gasteiger partial charge in [-0.1, -0.05) is 33.6 Å². The second-order valence-electron chi connectivity index (χ2n) is 3.96. The molecule has 0 bridgehead atoms. The molecule has 0 aliphatic carbocycles. The number of Topliss-reactive ketones (excluding diaryl/α,β-unsaturated/α-hetero) is 1. The Balaban J connectivity index is 2.28. The zero-order chi connectivity index (χ0) is 14.0. The van der Waals surface area contributed by atoms with Gasteiger partial charge in [0.05, 0.1) is 0 Å². The van der Waals surface area contributed by atoms with E-state index < -0.39 is 5.82 Å². The molecule has 0 heterocycles. The Bertz CT molecular complexity index is 645. The molecule has 1 nitrogen and oxygen atoms in total. The van der Waals surface area contributed by atoms with Crippen molar-refractivity contribution in [3.8, 4) is 0 Å². The Morgan fingerprint density at radius 3 is 2.68 bits per heavy atom. The van der Waals surface area contributed by atoms with Gasteiger partial charge in [0.25, 0.3) is 0 Å². The molecule has 0 atom stereocenters. The van der Waals surface area contributed by atoms with E-state index in [1.54, 1.807) is 18.2 Å². The number of benzene rings is 2. The van der Waals surface area contributed by atoms with Crippen LogP contribution in [-0.4, -0.2) is 5.78 Å². The first-order valence-electron chi connectivity index (χ1n) is 5.39. The molecule has 2 rings (SSSR count). The average molecular weight is 453 g/mol. The molecule has 0 unspecified atom stereocenters. The topological polar surface area (TPSA) is 17.1 Å². The third kappa shape index (κ3) is 3.77. The fraction of sp³-hybridized carbons (Fsp3) is 0.0714. The molecule has 0 aromatic heterocycles. The standard InChI is InChI=1S/C14H8BrClFIO/c15-9-2-4-13(18)11(6-9)14(19)5-8-1-3-10(16)7-12(8)17/h1-4,6-7H,5H2. The highest BCUT2D eigenvalue weighted by Gasteiger charge is 2.14. The van der Waals surface area contributed by atoms with Crippen LogP contribution in [0.2, 0.25) is 5.02 Å². The molecular weight excluding hydrogens is 445 g/mol. The summed E-state index contributed by atoms with van der Waals surface area (Å²) in [5.41, 5.74) is 0.939. The number of hydrogen-bond donors (Lipinski definition) is 0. The van der Waals surface area contributed by atoms with Gasteiger partial charge in [0.15, 0.2) is 5.78 Å². The van der Waals surface area contributed by atoms with Gasteiger partial charge in [-0.15, -0.1) is 0 Å². The van der Waals surface area contributed by atoms with Crippen LogP contribution in [0.1, 0.15) is 15.9 Å². The monoisotopic (exact) mass is 452 g/mol. The summed E-state index contributed by atoms with van der Waals surface area (Å²) in [7, 11) is 0. The molecule has 2 aromatic carbocycles. The molecular formula is C14H8BrClFIO. The van der Waals surface area contributed by atoms with E-state index in [1.807, 2.05) is 12.1 Å². The van der Waals surface area contributed by atoms with Gasteiger partial charge in [0.1, 0.15) is 5.82 Å². The number of hydrogen-bond acceptors (Lipinski definition) is 1.